The molecule has 6 aromatic rings. The molecule has 0 unspecified atom stereocenters. The van der Waals surface area contributed by atoms with Gasteiger partial charge in [0.25, 0.3) is 0 Å². The molecule has 1 radical (unpaired) electrons. The predicted molar refractivity (Wildman–Crippen MR) is 179 cm³/mol. The Labute approximate surface area is 275 Å². The van der Waals surface area contributed by atoms with Crippen LogP contribution in [0.5, 0.6) is 0 Å². The molecule has 4 heteroatoms. The molecule has 8 rings (SSSR count). The number of nitrogens with zero attached hydrogens (tertiary/aromatic N) is 2. The fourth-order valence-electron chi connectivity index (χ4n) is 7.03. The second-order valence-corrected chi connectivity index (χ2v) is 12.4. The summed E-state index contributed by atoms with van der Waals surface area (Å²) in [6, 6.07) is 47.2. The Hall–Kier alpha value is -4.11. The number of rotatable bonds is 2. The van der Waals surface area contributed by atoms with Gasteiger partial charge in [-0.1, -0.05) is 111 Å². The largest absolute Gasteiger partial charge is 0.305 e. The maximum Gasteiger partial charge on any atom is 0.192 e. The summed E-state index contributed by atoms with van der Waals surface area (Å²) in [5, 5.41) is 0. The van der Waals surface area contributed by atoms with Gasteiger partial charge in [0.15, 0.2) is 6.71 Å². The Morgan fingerprint density at radius 2 is 1.11 bits per heavy atom. The molecular weight excluding hydrogens is 711 g/mol. The zero-order chi connectivity index (χ0) is 29.6. The van der Waals surface area contributed by atoms with Crippen molar-refractivity contribution in [2.45, 2.75) is 38.5 Å². The Balaban J connectivity index is 0.000000222. The van der Waals surface area contributed by atoms with Gasteiger partial charge in [-0.15, -0.1) is 70.2 Å². The van der Waals surface area contributed by atoms with E-state index in [1.807, 2.05) is 54.7 Å². The van der Waals surface area contributed by atoms with E-state index in [9.17, 15) is 0 Å². The summed E-state index contributed by atoms with van der Waals surface area (Å²) in [5.74, 6) is 0. The van der Waals surface area contributed by atoms with Crippen molar-refractivity contribution in [1.82, 2.24) is 9.97 Å². The SMILES string of the molecule is CC1(C)c2[c-]c(-c3ccccn3)cc3c2B(c2ccccc21)c1ccccc1C3(C)C.[Ir].[c-]1ccccc1-c1ccccn1. The Morgan fingerprint density at radius 1 is 0.568 bits per heavy atom. The number of hydrogen-bond donors (Lipinski definition) is 0. The fourth-order valence-corrected chi connectivity index (χ4v) is 7.03. The summed E-state index contributed by atoms with van der Waals surface area (Å²) in [7, 11) is 0. The minimum Gasteiger partial charge on any atom is -0.305 e. The molecule has 2 aliphatic heterocycles. The topological polar surface area (TPSA) is 25.8 Å². The van der Waals surface area contributed by atoms with Crippen LogP contribution in [-0.2, 0) is 30.9 Å². The van der Waals surface area contributed by atoms with Gasteiger partial charge in [0.1, 0.15) is 0 Å². The number of fused-ring (bicyclic) bond motifs is 4. The van der Waals surface area contributed by atoms with Gasteiger partial charge in [-0.3, -0.25) is 0 Å². The fraction of sp³-hybridized carbons (Fsp3) is 0.150. The molecule has 217 valence electrons. The van der Waals surface area contributed by atoms with Crippen molar-refractivity contribution in [3.05, 3.63) is 162 Å². The van der Waals surface area contributed by atoms with Gasteiger partial charge in [0.2, 0.25) is 0 Å². The van der Waals surface area contributed by atoms with Crippen LogP contribution >= 0.6 is 0 Å². The molecule has 0 atom stereocenters. The maximum atomic E-state index is 4.66. The molecule has 4 aromatic carbocycles. The van der Waals surface area contributed by atoms with Crippen molar-refractivity contribution in [2.75, 3.05) is 0 Å². The first-order valence-corrected chi connectivity index (χ1v) is 15.0. The van der Waals surface area contributed by atoms with Crippen molar-refractivity contribution in [2.24, 2.45) is 0 Å². The molecule has 0 saturated heterocycles. The summed E-state index contributed by atoms with van der Waals surface area (Å²) in [6.07, 6.45) is 3.66. The van der Waals surface area contributed by atoms with Crippen molar-refractivity contribution < 1.29 is 20.1 Å². The maximum absolute atomic E-state index is 4.66. The van der Waals surface area contributed by atoms with Crippen molar-refractivity contribution in [3.8, 4) is 22.5 Å². The molecule has 0 bridgehead atoms. The summed E-state index contributed by atoms with van der Waals surface area (Å²) in [6.45, 7) is 9.70. The van der Waals surface area contributed by atoms with E-state index in [1.54, 1.807) is 6.20 Å². The van der Waals surface area contributed by atoms with Gasteiger partial charge in [0, 0.05) is 32.5 Å². The van der Waals surface area contributed by atoms with E-state index in [1.165, 1.54) is 38.6 Å². The van der Waals surface area contributed by atoms with Gasteiger partial charge < -0.3 is 9.97 Å². The number of aromatic nitrogens is 2. The van der Waals surface area contributed by atoms with Crippen LogP contribution in [0.4, 0.5) is 0 Å². The van der Waals surface area contributed by atoms with Crippen LogP contribution in [0.25, 0.3) is 22.5 Å². The van der Waals surface area contributed by atoms with Gasteiger partial charge in [0.05, 0.1) is 0 Å². The van der Waals surface area contributed by atoms with Gasteiger partial charge >= 0.3 is 0 Å². The van der Waals surface area contributed by atoms with Crippen LogP contribution in [0.1, 0.15) is 49.9 Å². The second-order valence-electron chi connectivity index (χ2n) is 12.4. The third kappa shape index (κ3) is 4.97. The second kappa shape index (κ2) is 11.8. The molecule has 2 aromatic heterocycles. The minimum absolute atomic E-state index is 0. The van der Waals surface area contributed by atoms with Crippen molar-refractivity contribution in [3.63, 3.8) is 0 Å². The van der Waals surface area contributed by atoms with E-state index in [0.717, 1.165) is 22.5 Å². The van der Waals surface area contributed by atoms with Crippen LogP contribution in [0.15, 0.2) is 128 Å². The molecule has 2 aliphatic rings. The first-order valence-electron chi connectivity index (χ1n) is 15.0. The first-order chi connectivity index (χ1) is 20.9. The summed E-state index contributed by atoms with van der Waals surface area (Å²) < 4.78 is 0. The van der Waals surface area contributed by atoms with Crippen LogP contribution < -0.4 is 16.4 Å². The summed E-state index contributed by atoms with van der Waals surface area (Å²) >= 11 is 0. The van der Waals surface area contributed by atoms with Gasteiger partial charge in [-0.05, 0) is 45.5 Å². The molecule has 0 saturated carbocycles. The molecule has 0 fully saturated rings. The van der Waals surface area contributed by atoms with Gasteiger partial charge in [-0.25, -0.2) is 0 Å². The normalized spacial score (nSPS) is 14.5. The van der Waals surface area contributed by atoms with Gasteiger partial charge in [-0.2, -0.15) is 0 Å². The number of pyridine rings is 2. The van der Waals surface area contributed by atoms with E-state index >= 15 is 0 Å². The van der Waals surface area contributed by atoms with E-state index in [0.29, 0.717) is 0 Å². The van der Waals surface area contributed by atoms with E-state index in [4.69, 9.17) is 0 Å². The van der Waals surface area contributed by atoms with E-state index in [-0.39, 0.29) is 37.6 Å². The third-order valence-electron chi connectivity index (χ3n) is 9.18. The number of hydrogen-bond acceptors (Lipinski definition) is 2. The monoisotopic (exact) mass is 745 g/mol. The molecule has 0 amide bonds. The molecule has 0 spiro atoms. The van der Waals surface area contributed by atoms with Crippen LogP contribution in [-0.4, -0.2) is 16.7 Å². The molecule has 0 N–H and O–H groups in total. The van der Waals surface area contributed by atoms with Crippen molar-refractivity contribution in [1.29, 1.82) is 0 Å². The van der Waals surface area contributed by atoms with Crippen LogP contribution in [0.3, 0.4) is 0 Å². The average molecular weight is 745 g/mol. The molecule has 44 heavy (non-hydrogen) atoms. The summed E-state index contributed by atoms with van der Waals surface area (Å²) in [4.78, 5) is 8.88. The van der Waals surface area contributed by atoms with Crippen molar-refractivity contribution >= 4 is 23.1 Å². The standard InChI is InChI=1S/C29H25BN.C11H8N.Ir/c1-28(2)20-11-5-7-13-24(20)30-25-14-8-6-12-21(25)29(3,4)23-18-19(17-22(28)27(23)30)26-15-9-10-16-31-26;1-2-6-10(7-3-1)11-8-4-5-9-12-11;/h5-17H,1-4H3;1-6,8-9H;/q2*-1;. The molecule has 0 aliphatic carbocycles. The average Bonchev–Trinajstić information content (AvgIpc) is 3.06. The van der Waals surface area contributed by atoms with Crippen LogP contribution in [0, 0.1) is 12.1 Å². The Kier molecular flexibility index (Phi) is 8.01. The quantitative estimate of drug-likeness (QED) is 0.143. The van der Waals surface area contributed by atoms with Crippen LogP contribution in [0.2, 0.25) is 0 Å². The number of benzene rings is 4. The Bertz CT molecular complexity index is 1800. The smallest absolute Gasteiger partial charge is 0.192 e. The molecular formula is C40H33BIrN2-2. The third-order valence-corrected chi connectivity index (χ3v) is 9.18. The minimum atomic E-state index is -0.121. The Morgan fingerprint density at radius 3 is 1.68 bits per heavy atom. The summed E-state index contributed by atoms with van der Waals surface area (Å²) in [5.41, 5.74) is 13.8. The predicted octanol–water partition coefficient (Wildman–Crippen LogP) is 6.89. The van der Waals surface area contributed by atoms with E-state index in [2.05, 4.69) is 117 Å². The first kappa shape index (κ1) is 29.9. The zero-order valence-electron chi connectivity index (χ0n) is 25.4. The molecule has 4 heterocycles. The molecule has 2 nitrogen and oxygen atoms in total. The zero-order valence-corrected chi connectivity index (χ0v) is 27.8. The van der Waals surface area contributed by atoms with E-state index < -0.39 is 0 Å².